The van der Waals surface area contributed by atoms with Gasteiger partial charge in [-0.25, -0.2) is 4.98 Å². The fourth-order valence-corrected chi connectivity index (χ4v) is 3.15. The molecule has 1 aromatic heterocycles. The molecule has 0 spiro atoms. The Kier molecular flexibility index (Phi) is 2.92. The number of fused-ring (bicyclic) bond motifs is 1. The summed E-state index contributed by atoms with van der Waals surface area (Å²) in [5, 5.41) is 0. The van der Waals surface area contributed by atoms with Crippen molar-refractivity contribution in [3.8, 4) is 0 Å². The molecule has 1 fully saturated rings. The van der Waals surface area contributed by atoms with Crippen molar-refractivity contribution < 1.29 is 13.2 Å². The van der Waals surface area contributed by atoms with E-state index in [2.05, 4.69) is 11.9 Å². The Hall–Kier alpha value is -1.72. The molecule has 20 heavy (non-hydrogen) atoms. The average Bonchev–Trinajstić information content (AvgIpc) is 2.89. The van der Waals surface area contributed by atoms with Crippen LogP contribution in [0.1, 0.15) is 37.8 Å². The Balaban J connectivity index is 2.12. The van der Waals surface area contributed by atoms with Crippen molar-refractivity contribution in [2.45, 2.75) is 38.4 Å². The van der Waals surface area contributed by atoms with E-state index in [1.54, 1.807) is 0 Å². The summed E-state index contributed by atoms with van der Waals surface area (Å²) in [4.78, 5) is 4.11. The Morgan fingerprint density at radius 2 is 2.05 bits per heavy atom. The number of aromatic nitrogens is 2. The molecular formula is C14H16F3N3. The van der Waals surface area contributed by atoms with Crippen LogP contribution in [-0.4, -0.2) is 9.55 Å². The normalized spacial score (nSPS) is 23.6. The second kappa shape index (κ2) is 4.40. The first-order valence-electron chi connectivity index (χ1n) is 6.72. The van der Waals surface area contributed by atoms with E-state index in [-0.39, 0.29) is 6.04 Å². The van der Waals surface area contributed by atoms with Gasteiger partial charge < -0.3 is 10.3 Å². The van der Waals surface area contributed by atoms with Gasteiger partial charge in [0.05, 0.1) is 16.6 Å². The van der Waals surface area contributed by atoms with E-state index in [1.165, 1.54) is 6.07 Å². The molecule has 1 saturated carbocycles. The van der Waals surface area contributed by atoms with Crippen LogP contribution >= 0.6 is 0 Å². The van der Waals surface area contributed by atoms with E-state index < -0.39 is 11.7 Å². The summed E-state index contributed by atoms with van der Waals surface area (Å²) in [7, 11) is 0. The quantitative estimate of drug-likeness (QED) is 0.859. The lowest BCUT2D eigenvalue weighted by molar-refractivity contribution is -0.137. The predicted molar refractivity (Wildman–Crippen MR) is 71.2 cm³/mol. The monoisotopic (exact) mass is 283 g/mol. The van der Waals surface area contributed by atoms with Gasteiger partial charge in [-0.05, 0) is 37.0 Å². The first-order valence-corrected chi connectivity index (χ1v) is 6.72. The van der Waals surface area contributed by atoms with Crippen molar-refractivity contribution in [2.75, 3.05) is 5.73 Å². The number of alkyl halides is 3. The standard InChI is InChI=1S/C14H16F3N3/c1-8-3-2-4-11(8)20-12-6-5-9(14(15,16)17)7-10(12)19-13(20)18/h5-8,11H,2-4H2,1H3,(H2,18,19). The zero-order chi connectivity index (χ0) is 14.5. The van der Waals surface area contributed by atoms with Crippen molar-refractivity contribution in [3.63, 3.8) is 0 Å². The van der Waals surface area contributed by atoms with Crippen LogP contribution in [0.2, 0.25) is 0 Å². The summed E-state index contributed by atoms with van der Waals surface area (Å²) in [5.74, 6) is 0.773. The van der Waals surface area contributed by atoms with Gasteiger partial charge in [-0.1, -0.05) is 13.3 Å². The van der Waals surface area contributed by atoms with Gasteiger partial charge in [-0.3, -0.25) is 0 Å². The van der Waals surface area contributed by atoms with Crippen molar-refractivity contribution >= 4 is 17.0 Å². The van der Waals surface area contributed by atoms with Crippen molar-refractivity contribution in [1.82, 2.24) is 9.55 Å². The molecule has 0 bridgehead atoms. The largest absolute Gasteiger partial charge is 0.416 e. The van der Waals surface area contributed by atoms with Gasteiger partial charge >= 0.3 is 6.18 Å². The molecule has 2 aromatic rings. The molecular weight excluding hydrogens is 267 g/mol. The van der Waals surface area contributed by atoms with Crippen molar-refractivity contribution in [2.24, 2.45) is 5.92 Å². The first kappa shape index (κ1) is 13.3. The summed E-state index contributed by atoms with van der Waals surface area (Å²) in [6.07, 6.45) is -1.12. The van der Waals surface area contributed by atoms with Crippen LogP contribution in [0.4, 0.5) is 19.1 Å². The average molecular weight is 283 g/mol. The van der Waals surface area contributed by atoms with Crippen LogP contribution < -0.4 is 5.73 Å². The maximum Gasteiger partial charge on any atom is 0.416 e. The van der Waals surface area contributed by atoms with Gasteiger partial charge in [0.2, 0.25) is 5.95 Å². The molecule has 0 saturated heterocycles. The number of halogens is 3. The minimum Gasteiger partial charge on any atom is -0.369 e. The highest BCUT2D eigenvalue weighted by molar-refractivity contribution is 5.79. The molecule has 108 valence electrons. The Bertz CT molecular complexity index is 645. The number of hydrogen-bond donors (Lipinski definition) is 1. The van der Waals surface area contributed by atoms with Crippen LogP contribution in [0.15, 0.2) is 18.2 Å². The van der Waals surface area contributed by atoms with Crippen LogP contribution in [0.25, 0.3) is 11.0 Å². The number of hydrogen-bond acceptors (Lipinski definition) is 2. The van der Waals surface area contributed by atoms with E-state index in [0.29, 0.717) is 22.9 Å². The zero-order valence-electron chi connectivity index (χ0n) is 11.1. The number of anilines is 1. The summed E-state index contributed by atoms with van der Waals surface area (Å²) < 4.78 is 40.1. The second-order valence-electron chi connectivity index (χ2n) is 5.52. The second-order valence-corrected chi connectivity index (χ2v) is 5.52. The van der Waals surface area contributed by atoms with Crippen molar-refractivity contribution in [3.05, 3.63) is 23.8 Å². The van der Waals surface area contributed by atoms with Crippen LogP contribution in [-0.2, 0) is 6.18 Å². The highest BCUT2D eigenvalue weighted by atomic mass is 19.4. The summed E-state index contributed by atoms with van der Waals surface area (Å²) >= 11 is 0. The topological polar surface area (TPSA) is 43.8 Å². The van der Waals surface area contributed by atoms with Crippen LogP contribution in [0, 0.1) is 5.92 Å². The molecule has 0 amide bonds. The molecule has 2 atom stereocenters. The number of nitrogens with two attached hydrogens (primary N) is 1. The Morgan fingerprint density at radius 3 is 2.65 bits per heavy atom. The molecule has 6 heteroatoms. The number of nitrogens with zero attached hydrogens (tertiary/aromatic N) is 2. The first-order chi connectivity index (χ1) is 9.38. The molecule has 2 unspecified atom stereocenters. The molecule has 1 heterocycles. The highest BCUT2D eigenvalue weighted by Crippen LogP contribution is 2.39. The highest BCUT2D eigenvalue weighted by Gasteiger charge is 2.32. The zero-order valence-corrected chi connectivity index (χ0v) is 11.1. The number of rotatable bonds is 1. The summed E-state index contributed by atoms with van der Waals surface area (Å²) in [6, 6.07) is 3.88. The SMILES string of the molecule is CC1CCCC1n1c(N)nc2cc(C(F)(F)F)ccc21. The fraction of sp³-hybridized carbons (Fsp3) is 0.500. The Morgan fingerprint density at radius 1 is 1.30 bits per heavy atom. The Labute approximate surface area is 114 Å². The molecule has 1 aromatic carbocycles. The van der Waals surface area contributed by atoms with Crippen LogP contribution in [0.3, 0.4) is 0 Å². The van der Waals surface area contributed by atoms with Gasteiger partial charge in [0.25, 0.3) is 0 Å². The predicted octanol–water partition coefficient (Wildman–Crippen LogP) is 4.00. The number of nitrogen functional groups attached to an aromatic ring is 1. The third kappa shape index (κ3) is 2.03. The molecule has 0 radical (unpaired) electrons. The van der Waals surface area contributed by atoms with Gasteiger partial charge in [0, 0.05) is 6.04 Å². The molecule has 1 aliphatic rings. The maximum atomic E-state index is 12.7. The van der Waals surface area contributed by atoms with E-state index in [1.807, 2.05) is 4.57 Å². The summed E-state index contributed by atoms with van der Waals surface area (Å²) in [5.41, 5.74) is 6.24. The molecule has 0 aliphatic heterocycles. The number of benzene rings is 1. The lowest BCUT2D eigenvalue weighted by atomic mass is 10.1. The van der Waals surface area contributed by atoms with E-state index in [0.717, 1.165) is 31.4 Å². The lowest BCUT2D eigenvalue weighted by Crippen LogP contribution is -2.14. The van der Waals surface area contributed by atoms with Crippen molar-refractivity contribution in [1.29, 1.82) is 0 Å². The minimum absolute atomic E-state index is 0.233. The molecule has 3 rings (SSSR count). The van der Waals surface area contributed by atoms with Crippen LogP contribution in [0.5, 0.6) is 0 Å². The third-order valence-electron chi connectivity index (χ3n) is 4.19. The molecule has 1 aliphatic carbocycles. The van der Waals surface area contributed by atoms with Gasteiger partial charge in [-0.2, -0.15) is 13.2 Å². The smallest absolute Gasteiger partial charge is 0.369 e. The van der Waals surface area contributed by atoms with Gasteiger partial charge in [0.1, 0.15) is 0 Å². The van der Waals surface area contributed by atoms with E-state index in [9.17, 15) is 13.2 Å². The van der Waals surface area contributed by atoms with Gasteiger partial charge in [-0.15, -0.1) is 0 Å². The summed E-state index contributed by atoms with van der Waals surface area (Å²) in [6.45, 7) is 2.15. The fourth-order valence-electron chi connectivity index (χ4n) is 3.15. The van der Waals surface area contributed by atoms with E-state index >= 15 is 0 Å². The number of imidazole rings is 1. The third-order valence-corrected chi connectivity index (χ3v) is 4.19. The minimum atomic E-state index is -4.35. The van der Waals surface area contributed by atoms with E-state index in [4.69, 9.17) is 5.73 Å². The lowest BCUT2D eigenvalue weighted by Gasteiger charge is -2.19. The molecule has 3 nitrogen and oxygen atoms in total. The van der Waals surface area contributed by atoms with Gasteiger partial charge in [0.15, 0.2) is 0 Å². The maximum absolute atomic E-state index is 12.7. The molecule has 2 N–H and O–H groups in total.